The maximum atomic E-state index is 10.5. The molecule has 3 heterocycles. The predicted octanol–water partition coefficient (Wildman–Crippen LogP) is 2.43. The zero-order valence-corrected chi connectivity index (χ0v) is 15.5. The summed E-state index contributed by atoms with van der Waals surface area (Å²) in [7, 11) is 0. The number of aromatic nitrogens is 3. The van der Waals surface area contributed by atoms with Crippen molar-refractivity contribution in [1.29, 1.82) is 0 Å². The van der Waals surface area contributed by atoms with E-state index >= 15 is 0 Å². The number of hydrogen-bond acceptors (Lipinski definition) is 6. The normalized spacial score (nSPS) is 20.8. The number of hydrogen-bond donors (Lipinski definition) is 3. The summed E-state index contributed by atoms with van der Waals surface area (Å²) in [4.78, 5) is 15.1. The summed E-state index contributed by atoms with van der Waals surface area (Å²) in [5, 5.41) is 10.5. The number of thioether (sulfide) groups is 1. The molecule has 0 amide bonds. The van der Waals surface area contributed by atoms with Crippen LogP contribution in [0.2, 0.25) is 0 Å². The minimum Gasteiger partial charge on any atom is -0.391 e. The van der Waals surface area contributed by atoms with E-state index < -0.39 is 0 Å². The van der Waals surface area contributed by atoms with Gasteiger partial charge in [0.1, 0.15) is 11.8 Å². The third kappa shape index (κ3) is 3.56. The zero-order valence-electron chi connectivity index (χ0n) is 14.7. The largest absolute Gasteiger partial charge is 0.391 e. The van der Waals surface area contributed by atoms with E-state index in [-0.39, 0.29) is 12.0 Å². The summed E-state index contributed by atoms with van der Waals surface area (Å²) in [6.07, 6.45) is 3.14. The summed E-state index contributed by atoms with van der Waals surface area (Å²) in [6.45, 7) is 4.41. The number of anilines is 1. The number of rotatable bonds is 5. The molecule has 6 nitrogen and oxygen atoms in total. The highest BCUT2D eigenvalue weighted by Crippen LogP contribution is 2.28. The zero-order chi connectivity index (χ0) is 18.1. The van der Waals surface area contributed by atoms with Crippen LogP contribution in [0.25, 0.3) is 11.0 Å². The lowest BCUT2D eigenvalue weighted by Gasteiger charge is -2.15. The molecular weight excluding hydrogens is 346 g/mol. The molecule has 136 valence electrons. The van der Waals surface area contributed by atoms with Gasteiger partial charge in [-0.3, -0.25) is 4.90 Å². The van der Waals surface area contributed by atoms with Crippen LogP contribution in [0, 0.1) is 12.8 Å². The first kappa shape index (κ1) is 17.3. The molecule has 26 heavy (non-hydrogen) atoms. The highest BCUT2D eigenvalue weighted by atomic mass is 32.2. The number of nitrogens with zero attached hydrogens (tertiary/aromatic N) is 3. The van der Waals surface area contributed by atoms with Crippen molar-refractivity contribution in [2.24, 2.45) is 5.92 Å². The SMILES string of the molecule is Cc1ccc(SC[C@@H]2CN(Cc3c[nH]c4c(N)ncnc34)C[C@H]2O)cc1. The Balaban J connectivity index is 1.38. The van der Waals surface area contributed by atoms with Crippen molar-refractivity contribution in [1.82, 2.24) is 19.9 Å². The van der Waals surface area contributed by atoms with Crippen LogP contribution >= 0.6 is 11.8 Å². The molecule has 0 aliphatic carbocycles. The van der Waals surface area contributed by atoms with Gasteiger partial charge in [-0.1, -0.05) is 17.7 Å². The number of aliphatic hydroxyl groups is 1. The molecule has 1 fully saturated rings. The Hall–Kier alpha value is -2.09. The number of aromatic amines is 1. The molecule has 1 aliphatic heterocycles. The maximum Gasteiger partial charge on any atom is 0.151 e. The van der Waals surface area contributed by atoms with Gasteiger partial charge in [0, 0.05) is 48.0 Å². The first-order chi connectivity index (χ1) is 12.6. The Morgan fingerprint density at radius 1 is 1.27 bits per heavy atom. The Labute approximate surface area is 156 Å². The van der Waals surface area contributed by atoms with E-state index in [1.165, 1.54) is 16.8 Å². The molecular formula is C19H23N5OS. The predicted molar refractivity (Wildman–Crippen MR) is 105 cm³/mol. The monoisotopic (exact) mass is 369 g/mol. The summed E-state index contributed by atoms with van der Waals surface area (Å²) in [5.41, 5.74) is 9.90. The van der Waals surface area contributed by atoms with Crippen molar-refractivity contribution >= 4 is 28.6 Å². The standard InChI is InChI=1S/C19H23N5OS/c1-12-2-4-15(5-3-12)26-10-14-8-24(9-16(14)25)7-13-6-21-18-17(13)22-11-23-19(18)20/h2-6,11,14,16,21,25H,7-10H2,1H3,(H2,20,22,23)/t14-,16+/m0/s1. The van der Waals surface area contributed by atoms with Gasteiger partial charge < -0.3 is 15.8 Å². The van der Waals surface area contributed by atoms with Gasteiger partial charge >= 0.3 is 0 Å². The number of nitrogens with two attached hydrogens (primary N) is 1. The molecule has 0 unspecified atom stereocenters. The molecule has 2 atom stereocenters. The molecule has 0 radical (unpaired) electrons. The number of H-pyrrole nitrogens is 1. The van der Waals surface area contributed by atoms with Gasteiger partial charge in [-0.15, -0.1) is 11.8 Å². The number of aryl methyl sites for hydroxylation is 1. The van der Waals surface area contributed by atoms with Gasteiger partial charge in [0.15, 0.2) is 5.82 Å². The second-order valence-electron chi connectivity index (χ2n) is 6.94. The number of likely N-dealkylation sites (tertiary alicyclic amines) is 1. The number of nitrogen functional groups attached to an aromatic ring is 1. The third-order valence-corrected chi connectivity index (χ3v) is 6.13. The Bertz CT molecular complexity index is 895. The second-order valence-corrected chi connectivity index (χ2v) is 8.04. The second kappa shape index (κ2) is 7.26. The van der Waals surface area contributed by atoms with Crippen LogP contribution in [-0.2, 0) is 6.54 Å². The van der Waals surface area contributed by atoms with E-state index in [0.29, 0.717) is 12.4 Å². The molecule has 1 aromatic carbocycles. The Kier molecular flexibility index (Phi) is 4.84. The van der Waals surface area contributed by atoms with Crippen LogP contribution in [0.5, 0.6) is 0 Å². The van der Waals surface area contributed by atoms with Gasteiger partial charge in [0.2, 0.25) is 0 Å². The molecule has 0 spiro atoms. The van der Waals surface area contributed by atoms with Crippen molar-refractivity contribution in [3.05, 3.63) is 47.9 Å². The van der Waals surface area contributed by atoms with E-state index in [4.69, 9.17) is 5.73 Å². The van der Waals surface area contributed by atoms with E-state index in [0.717, 1.165) is 35.4 Å². The Morgan fingerprint density at radius 3 is 2.88 bits per heavy atom. The van der Waals surface area contributed by atoms with E-state index in [9.17, 15) is 5.11 Å². The first-order valence-electron chi connectivity index (χ1n) is 8.76. The number of benzene rings is 1. The summed E-state index contributed by atoms with van der Waals surface area (Å²) >= 11 is 1.81. The third-order valence-electron chi connectivity index (χ3n) is 4.93. The van der Waals surface area contributed by atoms with Crippen molar-refractivity contribution in [2.45, 2.75) is 24.5 Å². The smallest absolute Gasteiger partial charge is 0.151 e. The number of nitrogens with one attached hydrogen (secondary N) is 1. The summed E-state index contributed by atoms with van der Waals surface area (Å²) in [6, 6.07) is 8.55. The molecule has 3 aromatic rings. The van der Waals surface area contributed by atoms with E-state index in [1.54, 1.807) is 0 Å². The molecule has 1 aliphatic rings. The number of fused-ring (bicyclic) bond motifs is 1. The van der Waals surface area contributed by atoms with Crippen LogP contribution in [0.1, 0.15) is 11.1 Å². The topological polar surface area (TPSA) is 91.1 Å². The van der Waals surface area contributed by atoms with Crippen LogP contribution in [-0.4, -0.2) is 49.9 Å². The van der Waals surface area contributed by atoms with Crippen LogP contribution < -0.4 is 5.73 Å². The molecule has 0 saturated carbocycles. The molecule has 4 N–H and O–H groups in total. The Morgan fingerprint density at radius 2 is 2.08 bits per heavy atom. The fraction of sp³-hybridized carbons (Fsp3) is 0.368. The highest BCUT2D eigenvalue weighted by Gasteiger charge is 2.31. The molecule has 0 bridgehead atoms. The van der Waals surface area contributed by atoms with Gasteiger partial charge in [0.05, 0.1) is 11.6 Å². The van der Waals surface area contributed by atoms with Crippen LogP contribution in [0.15, 0.2) is 41.7 Å². The quantitative estimate of drug-likeness (QED) is 0.599. The van der Waals surface area contributed by atoms with E-state index in [2.05, 4.69) is 51.0 Å². The molecule has 4 rings (SSSR count). The fourth-order valence-corrected chi connectivity index (χ4v) is 4.51. The van der Waals surface area contributed by atoms with Crippen LogP contribution in [0.4, 0.5) is 5.82 Å². The van der Waals surface area contributed by atoms with Crippen molar-refractivity contribution < 1.29 is 5.11 Å². The van der Waals surface area contributed by atoms with E-state index in [1.807, 2.05) is 18.0 Å². The average Bonchev–Trinajstić information content (AvgIpc) is 3.19. The average molecular weight is 369 g/mol. The van der Waals surface area contributed by atoms with Gasteiger partial charge in [0.25, 0.3) is 0 Å². The maximum absolute atomic E-state index is 10.5. The fourth-order valence-electron chi connectivity index (χ4n) is 3.45. The summed E-state index contributed by atoms with van der Waals surface area (Å²) < 4.78 is 0. The molecule has 2 aromatic heterocycles. The first-order valence-corrected chi connectivity index (χ1v) is 9.75. The van der Waals surface area contributed by atoms with Crippen molar-refractivity contribution in [3.63, 3.8) is 0 Å². The molecule has 7 heteroatoms. The number of β-amino-alcohol motifs (C(OH)–C–C–N with tert-alkyl or cyclic N) is 1. The lowest BCUT2D eigenvalue weighted by atomic mass is 10.1. The number of aliphatic hydroxyl groups excluding tert-OH is 1. The summed E-state index contributed by atoms with van der Waals surface area (Å²) in [5.74, 6) is 1.66. The minimum atomic E-state index is -0.294. The van der Waals surface area contributed by atoms with Gasteiger partial charge in [-0.05, 0) is 19.1 Å². The highest BCUT2D eigenvalue weighted by molar-refractivity contribution is 7.99. The molecule has 1 saturated heterocycles. The lowest BCUT2D eigenvalue weighted by molar-refractivity contribution is 0.149. The lowest BCUT2D eigenvalue weighted by Crippen LogP contribution is -2.21. The van der Waals surface area contributed by atoms with Crippen molar-refractivity contribution in [3.8, 4) is 0 Å². The van der Waals surface area contributed by atoms with Gasteiger partial charge in [-0.25, -0.2) is 9.97 Å². The van der Waals surface area contributed by atoms with Gasteiger partial charge in [-0.2, -0.15) is 0 Å². The van der Waals surface area contributed by atoms with Crippen LogP contribution in [0.3, 0.4) is 0 Å². The van der Waals surface area contributed by atoms with Crippen molar-refractivity contribution in [2.75, 3.05) is 24.6 Å². The minimum absolute atomic E-state index is 0.270.